The first kappa shape index (κ1) is 18.8. The van der Waals surface area contributed by atoms with E-state index in [0.717, 1.165) is 19.3 Å². The van der Waals surface area contributed by atoms with Crippen LogP contribution in [0.15, 0.2) is 0 Å². The molecule has 0 aromatic heterocycles. The molecule has 0 rings (SSSR count). The second kappa shape index (κ2) is 10.5. The summed E-state index contributed by atoms with van der Waals surface area (Å²) >= 11 is 0. The molecular weight excluding hydrogens is 251 g/mol. The van der Waals surface area contributed by atoms with Crippen LogP contribution in [0.1, 0.15) is 78.1 Å². The molecular formula is C15H30F3N. The molecule has 0 radical (unpaired) electrons. The van der Waals surface area contributed by atoms with Crippen molar-refractivity contribution in [3.63, 3.8) is 0 Å². The fraction of sp³-hybridized carbons (Fsp3) is 1.00. The summed E-state index contributed by atoms with van der Waals surface area (Å²) in [6.07, 6.45) is 7.01. The number of hydrogen-bond acceptors (Lipinski definition) is 1. The standard InChI is InChI=1S/C15H30F3N/c1-3-4-5-6-7-8-9-10-11-12-13(2)14(19)15(16,17)18/h13-14H,3-12,19H2,1-2H3/t13-,14-/m0/s1. The van der Waals surface area contributed by atoms with Crippen LogP contribution in [-0.4, -0.2) is 12.2 Å². The third-order valence-electron chi connectivity index (χ3n) is 3.75. The molecule has 0 aromatic rings. The fourth-order valence-corrected chi connectivity index (χ4v) is 2.28. The lowest BCUT2D eigenvalue weighted by atomic mass is 9.95. The molecule has 2 N–H and O–H groups in total. The van der Waals surface area contributed by atoms with Gasteiger partial charge in [-0.1, -0.05) is 71.6 Å². The van der Waals surface area contributed by atoms with E-state index < -0.39 is 18.1 Å². The van der Waals surface area contributed by atoms with Gasteiger partial charge >= 0.3 is 6.18 Å². The number of unbranched alkanes of at least 4 members (excludes halogenated alkanes) is 8. The molecule has 116 valence electrons. The van der Waals surface area contributed by atoms with Crippen molar-refractivity contribution in [3.05, 3.63) is 0 Å². The van der Waals surface area contributed by atoms with Gasteiger partial charge in [-0.05, 0) is 12.3 Å². The molecule has 2 atom stereocenters. The summed E-state index contributed by atoms with van der Waals surface area (Å²) in [6, 6.07) is -1.67. The molecule has 0 saturated carbocycles. The van der Waals surface area contributed by atoms with Crippen LogP contribution < -0.4 is 5.73 Å². The number of alkyl halides is 3. The molecule has 1 nitrogen and oxygen atoms in total. The monoisotopic (exact) mass is 281 g/mol. The van der Waals surface area contributed by atoms with E-state index in [9.17, 15) is 13.2 Å². The Bertz CT molecular complexity index is 204. The molecule has 0 saturated heterocycles. The minimum atomic E-state index is -4.25. The van der Waals surface area contributed by atoms with Gasteiger partial charge in [-0.2, -0.15) is 13.2 Å². The highest BCUT2D eigenvalue weighted by molar-refractivity contribution is 4.76. The minimum absolute atomic E-state index is 0.468. The topological polar surface area (TPSA) is 26.0 Å². The highest BCUT2D eigenvalue weighted by Crippen LogP contribution is 2.26. The summed E-state index contributed by atoms with van der Waals surface area (Å²) in [5.74, 6) is -0.468. The van der Waals surface area contributed by atoms with Crippen molar-refractivity contribution in [2.45, 2.75) is 90.3 Å². The van der Waals surface area contributed by atoms with Gasteiger partial charge in [-0.3, -0.25) is 0 Å². The number of halogens is 3. The lowest BCUT2D eigenvalue weighted by Gasteiger charge is -2.22. The lowest BCUT2D eigenvalue weighted by molar-refractivity contribution is -0.158. The predicted molar refractivity (Wildman–Crippen MR) is 75.0 cm³/mol. The molecule has 0 aromatic carbocycles. The van der Waals surface area contributed by atoms with E-state index in [1.165, 1.54) is 38.5 Å². The molecule has 0 fully saturated rings. The highest BCUT2D eigenvalue weighted by atomic mass is 19.4. The maximum Gasteiger partial charge on any atom is 0.403 e. The Morgan fingerprint density at radius 2 is 1.26 bits per heavy atom. The molecule has 0 aliphatic carbocycles. The molecule has 0 aliphatic rings. The van der Waals surface area contributed by atoms with Crippen LogP contribution >= 0.6 is 0 Å². The van der Waals surface area contributed by atoms with Crippen molar-refractivity contribution in [1.82, 2.24) is 0 Å². The smallest absolute Gasteiger partial charge is 0.320 e. The first-order valence-corrected chi connectivity index (χ1v) is 7.71. The van der Waals surface area contributed by atoms with Gasteiger partial charge in [-0.15, -0.1) is 0 Å². The van der Waals surface area contributed by atoms with E-state index in [4.69, 9.17) is 5.73 Å². The predicted octanol–water partition coefficient (Wildman–Crippen LogP) is 5.43. The Balaban J connectivity index is 3.39. The molecule has 19 heavy (non-hydrogen) atoms. The van der Waals surface area contributed by atoms with Gasteiger partial charge in [0.25, 0.3) is 0 Å². The quantitative estimate of drug-likeness (QED) is 0.502. The van der Waals surface area contributed by atoms with Crippen LogP contribution in [0, 0.1) is 5.92 Å². The zero-order valence-electron chi connectivity index (χ0n) is 12.4. The Hall–Kier alpha value is -0.250. The summed E-state index contributed by atoms with van der Waals surface area (Å²) in [7, 11) is 0. The molecule has 0 unspecified atom stereocenters. The average molecular weight is 281 g/mol. The van der Waals surface area contributed by atoms with E-state index in [2.05, 4.69) is 6.92 Å². The number of rotatable bonds is 11. The maximum atomic E-state index is 12.4. The van der Waals surface area contributed by atoms with Gasteiger partial charge in [0, 0.05) is 0 Å². The number of nitrogens with two attached hydrogens (primary N) is 1. The largest absolute Gasteiger partial charge is 0.403 e. The molecule has 0 spiro atoms. The maximum absolute atomic E-state index is 12.4. The van der Waals surface area contributed by atoms with Crippen LogP contribution in [0.3, 0.4) is 0 Å². The zero-order valence-corrected chi connectivity index (χ0v) is 12.4. The van der Waals surface area contributed by atoms with Crippen molar-refractivity contribution in [2.24, 2.45) is 11.7 Å². The van der Waals surface area contributed by atoms with Crippen molar-refractivity contribution in [2.75, 3.05) is 0 Å². The second-order valence-corrected chi connectivity index (χ2v) is 5.66. The van der Waals surface area contributed by atoms with E-state index in [1.807, 2.05) is 0 Å². The van der Waals surface area contributed by atoms with Gasteiger partial charge < -0.3 is 5.73 Å². The summed E-state index contributed by atoms with van der Waals surface area (Å²) < 4.78 is 37.1. The highest BCUT2D eigenvalue weighted by Gasteiger charge is 2.39. The molecule has 0 heterocycles. The minimum Gasteiger partial charge on any atom is -0.320 e. The van der Waals surface area contributed by atoms with Crippen LogP contribution in [0.4, 0.5) is 13.2 Å². The zero-order chi connectivity index (χ0) is 14.7. The van der Waals surface area contributed by atoms with Gasteiger partial charge in [0.15, 0.2) is 0 Å². The Kier molecular flexibility index (Phi) is 10.4. The van der Waals surface area contributed by atoms with Gasteiger partial charge in [0.2, 0.25) is 0 Å². The average Bonchev–Trinajstić information content (AvgIpc) is 2.34. The van der Waals surface area contributed by atoms with E-state index in [-0.39, 0.29) is 0 Å². The fourth-order valence-electron chi connectivity index (χ4n) is 2.28. The number of hydrogen-bond donors (Lipinski definition) is 1. The summed E-state index contributed by atoms with van der Waals surface area (Å²) in [6.45, 7) is 3.80. The summed E-state index contributed by atoms with van der Waals surface area (Å²) in [5, 5.41) is 0. The van der Waals surface area contributed by atoms with Crippen LogP contribution in [0.2, 0.25) is 0 Å². The molecule has 0 bridgehead atoms. The van der Waals surface area contributed by atoms with Gasteiger partial charge in [0.05, 0.1) is 0 Å². The first-order chi connectivity index (χ1) is 8.89. The van der Waals surface area contributed by atoms with Crippen molar-refractivity contribution < 1.29 is 13.2 Å². The first-order valence-electron chi connectivity index (χ1n) is 7.71. The Morgan fingerprint density at radius 1 is 0.842 bits per heavy atom. The van der Waals surface area contributed by atoms with Crippen LogP contribution in [-0.2, 0) is 0 Å². The SMILES string of the molecule is CCCCCCCCCCC[C@H](C)[C@H](N)C(F)(F)F. The van der Waals surface area contributed by atoms with Crippen molar-refractivity contribution >= 4 is 0 Å². The van der Waals surface area contributed by atoms with Crippen LogP contribution in [0.5, 0.6) is 0 Å². The third kappa shape index (κ3) is 10.2. The second-order valence-electron chi connectivity index (χ2n) is 5.66. The summed E-state index contributed by atoms with van der Waals surface area (Å²) in [4.78, 5) is 0. The van der Waals surface area contributed by atoms with Gasteiger partial charge in [0.1, 0.15) is 6.04 Å². The van der Waals surface area contributed by atoms with E-state index >= 15 is 0 Å². The molecule has 0 amide bonds. The molecule has 4 heteroatoms. The molecule has 0 aliphatic heterocycles. The lowest BCUT2D eigenvalue weighted by Crippen LogP contribution is -2.42. The van der Waals surface area contributed by atoms with Crippen molar-refractivity contribution in [3.8, 4) is 0 Å². The third-order valence-corrected chi connectivity index (χ3v) is 3.75. The Morgan fingerprint density at radius 3 is 1.68 bits per heavy atom. The van der Waals surface area contributed by atoms with Crippen LogP contribution in [0.25, 0.3) is 0 Å². The normalized spacial score (nSPS) is 15.5. The van der Waals surface area contributed by atoms with Gasteiger partial charge in [-0.25, -0.2) is 0 Å². The van der Waals surface area contributed by atoms with E-state index in [0.29, 0.717) is 6.42 Å². The van der Waals surface area contributed by atoms with Crippen molar-refractivity contribution in [1.29, 1.82) is 0 Å². The summed E-state index contributed by atoms with van der Waals surface area (Å²) in [5.41, 5.74) is 5.18. The Labute approximate surface area is 116 Å². The van der Waals surface area contributed by atoms with E-state index in [1.54, 1.807) is 6.92 Å².